The summed E-state index contributed by atoms with van der Waals surface area (Å²) >= 11 is 0. The molecule has 1 aliphatic rings. The molecule has 0 spiro atoms. The molecular formula is C62H71F2N11O3. The highest BCUT2D eigenvalue weighted by Crippen LogP contribution is 2.31. The SMILES string of the molecule is Cc1ccc(-c2ccc3cc(C(=O)NC[C@H](N)CCCN)[nH]c3c2)cc1.NCC[C@H](N)CNC(=O)c1cc2ccc(-c3ccc(F)cc3)cc2[nH]1.NC[C@@H]1CC[C@H](CNC(=O)c2cc3ccc(-c4ccc(F)cc4)cc3[nH]2)C1. The van der Waals surface area contributed by atoms with Crippen LogP contribution in [-0.4, -0.2) is 84.0 Å². The summed E-state index contributed by atoms with van der Waals surface area (Å²) in [4.78, 5) is 46.7. The maximum absolute atomic E-state index is 13.1. The molecule has 3 heterocycles. The third kappa shape index (κ3) is 15.1. The molecule has 14 nitrogen and oxygen atoms in total. The monoisotopic (exact) mass is 1060 g/mol. The first kappa shape index (κ1) is 56.2. The van der Waals surface area contributed by atoms with Crippen LogP contribution in [0.15, 0.2) is 146 Å². The topological polar surface area (TPSA) is 265 Å². The van der Waals surface area contributed by atoms with Crippen LogP contribution in [0.3, 0.4) is 0 Å². The fourth-order valence-electron chi connectivity index (χ4n) is 9.66. The summed E-state index contributed by atoms with van der Waals surface area (Å²) < 4.78 is 26.2. The fourth-order valence-corrected chi connectivity index (χ4v) is 9.66. The van der Waals surface area contributed by atoms with E-state index >= 15 is 0 Å². The van der Waals surface area contributed by atoms with Crippen LogP contribution in [0.4, 0.5) is 8.78 Å². The number of aryl methyl sites for hydroxylation is 1. The van der Waals surface area contributed by atoms with Crippen LogP contribution in [0, 0.1) is 30.4 Å². The average Bonchev–Trinajstić information content (AvgIpc) is 4.30. The highest BCUT2D eigenvalue weighted by molar-refractivity contribution is 6.01. The highest BCUT2D eigenvalue weighted by Gasteiger charge is 2.24. The summed E-state index contributed by atoms with van der Waals surface area (Å²) in [7, 11) is 0. The van der Waals surface area contributed by atoms with E-state index in [0.29, 0.717) is 68.1 Å². The molecule has 10 rings (SSSR count). The molecule has 1 saturated carbocycles. The van der Waals surface area contributed by atoms with Gasteiger partial charge in [-0.3, -0.25) is 14.4 Å². The van der Waals surface area contributed by atoms with Gasteiger partial charge in [0.05, 0.1) is 0 Å². The van der Waals surface area contributed by atoms with Gasteiger partial charge in [0.2, 0.25) is 0 Å². The summed E-state index contributed by atoms with van der Waals surface area (Å²) in [6, 6.07) is 44.4. The number of aromatic amines is 3. The van der Waals surface area contributed by atoms with Gasteiger partial charge in [0.25, 0.3) is 17.7 Å². The van der Waals surface area contributed by atoms with E-state index in [1.54, 1.807) is 30.3 Å². The molecular weight excluding hydrogens is 985 g/mol. The normalized spacial score (nSPS) is 14.8. The molecule has 1 fully saturated rings. The smallest absolute Gasteiger partial charge is 0.267 e. The summed E-state index contributed by atoms with van der Waals surface area (Å²) in [6.07, 6.45) is 5.73. The van der Waals surface area contributed by atoms with Crippen molar-refractivity contribution < 1.29 is 23.2 Å². The van der Waals surface area contributed by atoms with Crippen molar-refractivity contribution in [1.82, 2.24) is 30.9 Å². The number of rotatable bonds is 18. The van der Waals surface area contributed by atoms with Crippen molar-refractivity contribution in [2.75, 3.05) is 39.3 Å². The van der Waals surface area contributed by atoms with Crippen LogP contribution in [0.2, 0.25) is 0 Å². The van der Waals surface area contributed by atoms with Crippen molar-refractivity contribution >= 4 is 50.4 Å². The minimum atomic E-state index is -0.267. The van der Waals surface area contributed by atoms with Crippen molar-refractivity contribution in [3.8, 4) is 33.4 Å². The zero-order valence-corrected chi connectivity index (χ0v) is 44.0. The van der Waals surface area contributed by atoms with Crippen molar-refractivity contribution in [2.45, 2.75) is 57.5 Å². The lowest BCUT2D eigenvalue weighted by molar-refractivity contribution is 0.0936. The number of hydrogen-bond acceptors (Lipinski definition) is 8. The predicted molar refractivity (Wildman–Crippen MR) is 311 cm³/mol. The molecule has 0 bridgehead atoms. The fraction of sp³-hybridized carbons (Fsp3) is 0.274. The lowest BCUT2D eigenvalue weighted by Crippen LogP contribution is -2.38. The Morgan fingerprint density at radius 3 is 1.28 bits per heavy atom. The zero-order valence-electron chi connectivity index (χ0n) is 44.0. The van der Waals surface area contributed by atoms with Crippen LogP contribution >= 0.6 is 0 Å². The average molecular weight is 1060 g/mol. The Hall–Kier alpha value is -7.99. The maximum Gasteiger partial charge on any atom is 0.267 e. The Kier molecular flexibility index (Phi) is 19.4. The molecule has 0 aliphatic heterocycles. The summed E-state index contributed by atoms with van der Waals surface area (Å²) in [6.45, 7) is 5.46. The summed E-state index contributed by atoms with van der Waals surface area (Å²) in [5.74, 6) is 0.191. The number of carbonyl (C=O) groups excluding carboxylic acids is 3. The second-order valence-corrected chi connectivity index (χ2v) is 20.3. The van der Waals surface area contributed by atoms with Crippen LogP contribution in [0.25, 0.3) is 66.1 Å². The Labute approximate surface area is 453 Å². The molecule has 0 unspecified atom stereocenters. The summed E-state index contributed by atoms with van der Waals surface area (Å²) in [5, 5.41) is 11.7. The molecule has 3 amide bonds. The molecule has 0 saturated heterocycles. The molecule has 406 valence electrons. The van der Waals surface area contributed by atoms with Crippen LogP contribution < -0.4 is 44.6 Å². The number of aromatic nitrogens is 3. The molecule has 16 N–H and O–H groups in total. The molecule has 0 radical (unpaired) electrons. The van der Waals surface area contributed by atoms with Gasteiger partial charge in [0.15, 0.2) is 0 Å². The maximum atomic E-state index is 13.1. The highest BCUT2D eigenvalue weighted by atomic mass is 19.1. The van der Waals surface area contributed by atoms with E-state index in [0.717, 1.165) is 105 Å². The van der Waals surface area contributed by atoms with Crippen LogP contribution in [0.5, 0.6) is 0 Å². The third-order valence-corrected chi connectivity index (χ3v) is 14.2. The number of fused-ring (bicyclic) bond motifs is 3. The first-order valence-corrected chi connectivity index (χ1v) is 26.7. The number of hydrogen-bond donors (Lipinski definition) is 11. The van der Waals surface area contributed by atoms with E-state index in [2.05, 4.69) is 74.2 Å². The third-order valence-electron chi connectivity index (χ3n) is 14.2. The number of benzene rings is 6. The molecule has 16 heteroatoms. The number of carbonyl (C=O) groups is 3. The molecule has 1 aliphatic carbocycles. The lowest BCUT2D eigenvalue weighted by atomic mass is 10.0. The van der Waals surface area contributed by atoms with E-state index in [4.69, 9.17) is 28.7 Å². The molecule has 3 aromatic heterocycles. The Balaban J connectivity index is 0.000000155. The summed E-state index contributed by atoms with van der Waals surface area (Å²) in [5.41, 5.74) is 40.1. The minimum absolute atomic E-state index is 0.0694. The van der Waals surface area contributed by atoms with E-state index < -0.39 is 0 Å². The Morgan fingerprint density at radius 2 is 0.885 bits per heavy atom. The quantitative estimate of drug-likeness (QED) is 0.0393. The number of halogens is 2. The lowest BCUT2D eigenvalue weighted by Gasteiger charge is -2.11. The van der Waals surface area contributed by atoms with Crippen LogP contribution in [-0.2, 0) is 0 Å². The standard InChI is InChI=1S/C22H24FN3O.C21H26N4O.C19H21FN4O/c23-19-7-5-16(6-8-19)17-3-4-18-11-21(26-20(18)10-17)22(27)25-13-15-2-1-14(9-15)12-24;1-14-4-6-15(7-5-14)16-8-9-17-12-20(25-19(17)11-16)21(26)24-13-18(23)3-2-10-22;20-15-5-3-12(4-6-15)13-1-2-14-10-18(24-17(14)9-13)19(25)23-11-16(22)7-8-21/h3-8,10-11,14-15,26H,1-2,9,12-13,24H2,(H,25,27);4-9,11-12,18,25H,2-3,10,13,22-23H2,1H3,(H,24,26);1-6,9-10,16,24H,7-8,11,21-22H2,(H,23,25)/t14-,15+;18-;16-/m110/s1. The Morgan fingerprint density at radius 1 is 0.500 bits per heavy atom. The van der Waals surface area contributed by atoms with E-state index in [1.165, 1.54) is 29.8 Å². The van der Waals surface area contributed by atoms with Gasteiger partial charge in [0, 0.05) is 64.4 Å². The molecule has 6 aromatic carbocycles. The number of H-pyrrole nitrogens is 3. The zero-order chi connectivity index (χ0) is 55.1. The van der Waals surface area contributed by atoms with E-state index in [9.17, 15) is 23.2 Å². The van der Waals surface area contributed by atoms with Crippen molar-refractivity contribution in [3.63, 3.8) is 0 Å². The van der Waals surface area contributed by atoms with Gasteiger partial charge >= 0.3 is 0 Å². The largest absolute Gasteiger partial charge is 0.351 e. The van der Waals surface area contributed by atoms with Gasteiger partial charge < -0.3 is 59.6 Å². The second-order valence-electron chi connectivity index (χ2n) is 20.3. The van der Waals surface area contributed by atoms with Gasteiger partial charge in [-0.05, 0) is 171 Å². The molecule has 9 aromatic rings. The first-order chi connectivity index (χ1) is 37.7. The Bertz CT molecular complexity index is 3420. The van der Waals surface area contributed by atoms with Crippen molar-refractivity contribution in [1.29, 1.82) is 0 Å². The van der Waals surface area contributed by atoms with Gasteiger partial charge in [0.1, 0.15) is 28.7 Å². The predicted octanol–water partition coefficient (Wildman–Crippen LogP) is 9.40. The van der Waals surface area contributed by atoms with Gasteiger partial charge in [-0.2, -0.15) is 0 Å². The minimum Gasteiger partial charge on any atom is -0.351 e. The van der Waals surface area contributed by atoms with E-state index in [1.807, 2.05) is 54.6 Å². The number of amides is 3. The van der Waals surface area contributed by atoms with Gasteiger partial charge in [-0.25, -0.2) is 8.78 Å². The van der Waals surface area contributed by atoms with Crippen molar-refractivity contribution in [2.24, 2.45) is 40.5 Å². The van der Waals surface area contributed by atoms with Gasteiger partial charge in [-0.15, -0.1) is 0 Å². The van der Waals surface area contributed by atoms with E-state index in [-0.39, 0.29) is 41.4 Å². The number of nitrogens with one attached hydrogen (secondary N) is 6. The van der Waals surface area contributed by atoms with Crippen molar-refractivity contribution in [3.05, 3.63) is 180 Å². The first-order valence-electron chi connectivity index (χ1n) is 26.7. The molecule has 4 atom stereocenters. The number of nitrogens with two attached hydrogens (primary N) is 5. The van der Waals surface area contributed by atoms with Crippen LogP contribution in [0.1, 0.15) is 75.6 Å². The second kappa shape index (κ2) is 26.9. The van der Waals surface area contributed by atoms with Gasteiger partial charge in [-0.1, -0.05) is 90.5 Å². The molecule has 78 heavy (non-hydrogen) atoms.